The van der Waals surface area contributed by atoms with Crippen LogP contribution >= 0.6 is 0 Å². The normalized spacial score (nSPS) is 15.4. The Morgan fingerprint density at radius 1 is 1.23 bits per heavy atom. The highest BCUT2D eigenvalue weighted by Crippen LogP contribution is 2.30. The number of nitrogens with one attached hydrogen (secondary N) is 1. The van der Waals surface area contributed by atoms with Gasteiger partial charge in [0.15, 0.2) is 0 Å². The molecule has 3 rings (SSSR count). The van der Waals surface area contributed by atoms with Gasteiger partial charge in [0, 0.05) is 17.9 Å². The molecule has 0 spiro atoms. The molecule has 0 bridgehead atoms. The van der Waals surface area contributed by atoms with Crippen LogP contribution in [0.5, 0.6) is 0 Å². The van der Waals surface area contributed by atoms with E-state index < -0.39 is 0 Å². The largest absolute Gasteiger partial charge is 0.311 e. The lowest BCUT2D eigenvalue weighted by Gasteiger charge is -2.14. The first-order chi connectivity index (χ1) is 12.3. The Kier molecular flexibility index (Phi) is 5.49. The highest BCUT2D eigenvalue weighted by Gasteiger charge is 2.22. The van der Waals surface area contributed by atoms with Crippen LogP contribution < -0.4 is 5.32 Å². The zero-order chi connectivity index (χ0) is 18.7. The summed E-state index contributed by atoms with van der Waals surface area (Å²) in [5, 5.41) is 7.92. The number of aryl methyl sites for hydroxylation is 1. The number of anilines is 1. The minimum atomic E-state index is -0.0722. The van der Waals surface area contributed by atoms with Crippen LogP contribution in [0.1, 0.15) is 70.6 Å². The number of hydrogen-bond donors (Lipinski definition) is 1. The minimum Gasteiger partial charge on any atom is -0.311 e. The fraction of sp³-hybridized carbons (Fsp3) is 0.545. The molecule has 2 aromatic rings. The summed E-state index contributed by atoms with van der Waals surface area (Å²) in [5.74, 6) is 1.58. The maximum Gasteiger partial charge on any atom is 0.225 e. The van der Waals surface area contributed by atoms with Crippen molar-refractivity contribution in [3.05, 3.63) is 41.6 Å². The Balaban J connectivity index is 1.81. The average Bonchev–Trinajstić information content (AvgIpc) is 3.23. The molecule has 0 atom stereocenters. The molecule has 1 aromatic carbocycles. The number of benzene rings is 1. The van der Waals surface area contributed by atoms with E-state index in [1.165, 1.54) is 25.7 Å². The highest BCUT2D eigenvalue weighted by atomic mass is 16.1. The minimum absolute atomic E-state index is 0.0722. The Hall–Kier alpha value is -2.10. The third kappa shape index (κ3) is 4.35. The average molecular weight is 354 g/mol. The van der Waals surface area contributed by atoms with Gasteiger partial charge in [-0.05, 0) is 30.9 Å². The van der Waals surface area contributed by atoms with Crippen LogP contribution in [0.25, 0.3) is 5.69 Å². The van der Waals surface area contributed by atoms with E-state index in [1.807, 2.05) is 28.9 Å². The van der Waals surface area contributed by atoms with Crippen molar-refractivity contribution in [3.8, 4) is 5.69 Å². The number of para-hydroxylation sites is 1. The van der Waals surface area contributed by atoms with Gasteiger partial charge in [-0.2, -0.15) is 5.10 Å². The number of carbonyl (C=O) groups is 1. The molecule has 1 fully saturated rings. The summed E-state index contributed by atoms with van der Waals surface area (Å²) in [6, 6.07) is 10.2. The van der Waals surface area contributed by atoms with Crippen molar-refractivity contribution in [2.45, 2.75) is 71.6 Å². The maximum atomic E-state index is 12.5. The fourth-order valence-corrected chi connectivity index (χ4v) is 3.66. The van der Waals surface area contributed by atoms with E-state index in [2.05, 4.69) is 39.1 Å². The van der Waals surface area contributed by atoms with Gasteiger partial charge in [0.1, 0.15) is 5.82 Å². The van der Waals surface area contributed by atoms with Crippen molar-refractivity contribution >= 4 is 11.7 Å². The van der Waals surface area contributed by atoms with Crippen LogP contribution in [0.2, 0.25) is 0 Å². The van der Waals surface area contributed by atoms with E-state index in [1.54, 1.807) is 0 Å². The molecule has 1 aliphatic carbocycles. The molecule has 1 aromatic heterocycles. The monoisotopic (exact) mass is 353 g/mol. The molecule has 26 heavy (non-hydrogen) atoms. The molecule has 1 amide bonds. The van der Waals surface area contributed by atoms with Crippen LogP contribution in [0.3, 0.4) is 0 Å². The third-order valence-electron chi connectivity index (χ3n) is 5.34. The van der Waals surface area contributed by atoms with E-state index in [4.69, 9.17) is 5.10 Å². The summed E-state index contributed by atoms with van der Waals surface area (Å²) in [4.78, 5) is 12.5. The Labute approximate surface area is 157 Å². The second kappa shape index (κ2) is 7.65. The molecule has 1 N–H and O–H groups in total. The number of nitrogens with zero attached hydrogens (tertiary/aromatic N) is 2. The number of carbonyl (C=O) groups excluding carboxylic acids is 1. The first-order valence-corrected chi connectivity index (χ1v) is 9.81. The van der Waals surface area contributed by atoms with Crippen LogP contribution in [-0.4, -0.2) is 15.7 Å². The second-order valence-electron chi connectivity index (χ2n) is 8.60. The molecule has 0 aliphatic heterocycles. The maximum absolute atomic E-state index is 12.5. The smallest absolute Gasteiger partial charge is 0.225 e. The van der Waals surface area contributed by atoms with Gasteiger partial charge >= 0.3 is 0 Å². The molecule has 4 heteroatoms. The predicted octanol–water partition coefficient (Wildman–Crippen LogP) is 5.39. The molecular formula is C22H31N3O. The summed E-state index contributed by atoms with van der Waals surface area (Å²) in [7, 11) is 0. The van der Waals surface area contributed by atoms with Gasteiger partial charge in [-0.1, -0.05) is 64.7 Å². The van der Waals surface area contributed by atoms with Gasteiger partial charge in [-0.25, -0.2) is 4.68 Å². The number of rotatable bonds is 5. The van der Waals surface area contributed by atoms with Crippen molar-refractivity contribution in [1.29, 1.82) is 0 Å². The number of hydrogen-bond acceptors (Lipinski definition) is 2. The van der Waals surface area contributed by atoms with Crippen LogP contribution in [0, 0.1) is 12.8 Å². The van der Waals surface area contributed by atoms with E-state index >= 15 is 0 Å². The van der Waals surface area contributed by atoms with Gasteiger partial charge in [-0.15, -0.1) is 0 Å². The van der Waals surface area contributed by atoms with Gasteiger partial charge in [0.05, 0.1) is 11.4 Å². The zero-order valence-electron chi connectivity index (χ0n) is 16.5. The topological polar surface area (TPSA) is 46.9 Å². The molecular weight excluding hydrogens is 322 g/mol. The highest BCUT2D eigenvalue weighted by molar-refractivity contribution is 5.90. The van der Waals surface area contributed by atoms with E-state index in [9.17, 15) is 4.79 Å². The molecule has 1 aliphatic rings. The number of aromatic nitrogens is 2. The quantitative estimate of drug-likeness (QED) is 0.783. The fourth-order valence-electron chi connectivity index (χ4n) is 3.66. The van der Waals surface area contributed by atoms with Gasteiger partial charge < -0.3 is 5.32 Å². The van der Waals surface area contributed by atoms with Gasteiger partial charge in [0.2, 0.25) is 5.91 Å². The lowest BCUT2D eigenvalue weighted by atomic mass is 9.92. The Morgan fingerprint density at radius 3 is 2.58 bits per heavy atom. The summed E-state index contributed by atoms with van der Waals surface area (Å²) >= 11 is 0. The summed E-state index contributed by atoms with van der Waals surface area (Å²) in [6.07, 6.45) is 6.79. The first kappa shape index (κ1) is 18.7. The van der Waals surface area contributed by atoms with E-state index in [0.717, 1.165) is 35.1 Å². The summed E-state index contributed by atoms with van der Waals surface area (Å²) in [6.45, 7) is 8.50. The summed E-state index contributed by atoms with van der Waals surface area (Å²) in [5.41, 5.74) is 3.05. The van der Waals surface area contributed by atoms with Crippen molar-refractivity contribution < 1.29 is 4.79 Å². The molecule has 4 nitrogen and oxygen atoms in total. The lowest BCUT2D eigenvalue weighted by Crippen LogP contribution is -2.16. The zero-order valence-corrected chi connectivity index (χ0v) is 16.5. The third-order valence-corrected chi connectivity index (χ3v) is 5.34. The molecule has 0 saturated heterocycles. The van der Waals surface area contributed by atoms with Crippen molar-refractivity contribution in [3.63, 3.8) is 0 Å². The lowest BCUT2D eigenvalue weighted by molar-refractivity contribution is -0.116. The molecule has 0 unspecified atom stereocenters. The van der Waals surface area contributed by atoms with Crippen molar-refractivity contribution in [1.82, 2.24) is 9.78 Å². The standard InChI is InChI=1S/C22H31N3O/c1-16-9-5-8-12-18(16)25-20(15-19(24-25)22(2,3)4)23-21(26)14-13-17-10-6-7-11-17/h5,8-9,12,15,17H,6-7,10-11,13-14H2,1-4H3,(H,23,26). The molecule has 1 saturated carbocycles. The second-order valence-corrected chi connectivity index (χ2v) is 8.60. The van der Waals surface area contributed by atoms with Gasteiger partial charge in [0.25, 0.3) is 0 Å². The van der Waals surface area contributed by atoms with E-state index in [-0.39, 0.29) is 11.3 Å². The van der Waals surface area contributed by atoms with E-state index in [0.29, 0.717) is 6.42 Å². The molecule has 140 valence electrons. The Bertz CT molecular complexity index is 764. The van der Waals surface area contributed by atoms with Crippen molar-refractivity contribution in [2.24, 2.45) is 5.92 Å². The van der Waals surface area contributed by atoms with Crippen LogP contribution in [-0.2, 0) is 10.2 Å². The van der Waals surface area contributed by atoms with Crippen LogP contribution in [0.15, 0.2) is 30.3 Å². The molecule has 0 radical (unpaired) electrons. The first-order valence-electron chi connectivity index (χ1n) is 9.81. The predicted molar refractivity (Wildman–Crippen MR) is 107 cm³/mol. The Morgan fingerprint density at radius 2 is 1.92 bits per heavy atom. The van der Waals surface area contributed by atoms with Gasteiger partial charge in [-0.3, -0.25) is 4.79 Å². The van der Waals surface area contributed by atoms with Crippen molar-refractivity contribution in [2.75, 3.05) is 5.32 Å². The molecule has 1 heterocycles. The van der Waals surface area contributed by atoms with Crippen LogP contribution in [0.4, 0.5) is 5.82 Å². The number of amides is 1. The SMILES string of the molecule is Cc1ccccc1-n1nc(C(C)(C)C)cc1NC(=O)CCC1CCCC1. The summed E-state index contributed by atoms with van der Waals surface area (Å²) < 4.78 is 1.88.